The quantitative estimate of drug-likeness (QED) is 0.701. The predicted molar refractivity (Wildman–Crippen MR) is 59.3 cm³/mol. The first-order valence-electron chi connectivity index (χ1n) is 5.43. The van der Waals surface area contributed by atoms with Crippen LogP contribution in [-0.2, 0) is 0 Å². The molecule has 0 bridgehead atoms. The van der Waals surface area contributed by atoms with Crippen LogP contribution in [0.5, 0.6) is 0 Å². The molecule has 1 fully saturated rings. The van der Waals surface area contributed by atoms with E-state index in [1.807, 2.05) is 0 Å². The van der Waals surface area contributed by atoms with Crippen LogP contribution >= 0.6 is 0 Å². The number of hydrogen-bond acceptors (Lipinski definition) is 3. The fraction of sp³-hybridized carbons (Fsp3) is 1.00. The third-order valence-electron chi connectivity index (χ3n) is 3.34. The van der Waals surface area contributed by atoms with Crippen molar-refractivity contribution in [3.05, 3.63) is 0 Å². The van der Waals surface area contributed by atoms with Crippen LogP contribution in [0.25, 0.3) is 0 Å². The lowest BCUT2D eigenvalue weighted by molar-refractivity contribution is -0.0758. The molecule has 3 heteroatoms. The third kappa shape index (κ3) is 2.47. The van der Waals surface area contributed by atoms with Crippen LogP contribution in [0.4, 0.5) is 0 Å². The average molecular weight is 200 g/mol. The van der Waals surface area contributed by atoms with Gasteiger partial charge in [-0.15, -0.1) is 0 Å². The molecule has 1 aliphatic carbocycles. The maximum absolute atomic E-state index is 9.59. The van der Waals surface area contributed by atoms with Crippen molar-refractivity contribution in [2.45, 2.75) is 45.4 Å². The normalized spacial score (nSPS) is 32.8. The minimum atomic E-state index is -0.133. The van der Waals surface area contributed by atoms with Crippen molar-refractivity contribution in [2.75, 3.05) is 20.6 Å². The molecule has 0 aliphatic heterocycles. The number of nitrogens with one attached hydrogen (secondary N) is 1. The first kappa shape index (κ1) is 12.0. The van der Waals surface area contributed by atoms with Crippen molar-refractivity contribution in [1.29, 1.82) is 0 Å². The van der Waals surface area contributed by atoms with E-state index in [1.165, 1.54) is 0 Å². The summed E-state index contributed by atoms with van der Waals surface area (Å²) in [6.07, 6.45) is 0.761. The summed E-state index contributed by atoms with van der Waals surface area (Å²) in [6, 6.07) is 0.953. The summed E-state index contributed by atoms with van der Waals surface area (Å²) in [5.41, 5.74) is 0.0422. The minimum Gasteiger partial charge on any atom is -0.392 e. The van der Waals surface area contributed by atoms with Crippen molar-refractivity contribution in [3.8, 4) is 0 Å². The molecular formula is C11H24N2O. The first-order chi connectivity index (χ1) is 6.34. The van der Waals surface area contributed by atoms with Gasteiger partial charge in [0.2, 0.25) is 0 Å². The Morgan fingerprint density at radius 3 is 2.43 bits per heavy atom. The molecule has 0 aromatic carbocycles. The van der Waals surface area contributed by atoms with Crippen molar-refractivity contribution < 1.29 is 5.11 Å². The van der Waals surface area contributed by atoms with Crippen LogP contribution in [0.3, 0.4) is 0 Å². The Bertz CT molecular complexity index is 192. The molecule has 1 aliphatic rings. The first-order valence-corrected chi connectivity index (χ1v) is 5.43. The predicted octanol–water partition coefficient (Wildman–Crippen LogP) is 0.685. The number of likely N-dealkylation sites (N-methyl/N-ethyl adjacent to an activating group) is 1. The molecule has 0 aromatic heterocycles. The zero-order valence-electron chi connectivity index (χ0n) is 10.0. The summed E-state index contributed by atoms with van der Waals surface area (Å²) in [7, 11) is 4.16. The van der Waals surface area contributed by atoms with E-state index in [-0.39, 0.29) is 11.5 Å². The van der Waals surface area contributed by atoms with E-state index in [2.05, 4.69) is 45.1 Å². The maximum atomic E-state index is 9.59. The second kappa shape index (κ2) is 4.17. The van der Waals surface area contributed by atoms with Crippen LogP contribution in [0.15, 0.2) is 0 Å². The second-order valence-electron chi connectivity index (χ2n) is 5.46. The van der Waals surface area contributed by atoms with Gasteiger partial charge in [-0.3, -0.25) is 0 Å². The Morgan fingerprint density at radius 2 is 2.07 bits per heavy atom. The summed E-state index contributed by atoms with van der Waals surface area (Å²) in [5, 5.41) is 13.2. The highest BCUT2D eigenvalue weighted by Crippen LogP contribution is 2.40. The SMILES string of the molecule is CC(CN(C)C)NC1CC(O)C1(C)C. The molecule has 3 atom stereocenters. The Labute approximate surface area is 87.5 Å². The van der Waals surface area contributed by atoms with Crippen LogP contribution < -0.4 is 5.32 Å². The molecule has 1 rings (SSSR count). The number of rotatable bonds is 4. The van der Waals surface area contributed by atoms with Gasteiger partial charge < -0.3 is 15.3 Å². The second-order valence-corrected chi connectivity index (χ2v) is 5.46. The Kier molecular flexibility index (Phi) is 3.56. The van der Waals surface area contributed by atoms with Gasteiger partial charge >= 0.3 is 0 Å². The molecule has 0 heterocycles. The molecule has 1 saturated carbocycles. The Hall–Kier alpha value is -0.120. The highest BCUT2D eigenvalue weighted by atomic mass is 16.3. The lowest BCUT2D eigenvalue weighted by Gasteiger charge is -2.50. The lowest BCUT2D eigenvalue weighted by Crippen LogP contribution is -2.62. The molecule has 0 spiro atoms. The smallest absolute Gasteiger partial charge is 0.0621 e. The van der Waals surface area contributed by atoms with Gasteiger partial charge in [-0.25, -0.2) is 0 Å². The number of aliphatic hydroxyl groups excluding tert-OH is 1. The molecule has 3 nitrogen and oxygen atoms in total. The van der Waals surface area contributed by atoms with Crippen LogP contribution in [0, 0.1) is 5.41 Å². The van der Waals surface area contributed by atoms with Crippen LogP contribution in [0.1, 0.15) is 27.2 Å². The third-order valence-corrected chi connectivity index (χ3v) is 3.34. The fourth-order valence-electron chi connectivity index (χ4n) is 2.13. The molecule has 2 N–H and O–H groups in total. The summed E-state index contributed by atoms with van der Waals surface area (Å²) in [4.78, 5) is 2.18. The lowest BCUT2D eigenvalue weighted by atomic mass is 9.64. The molecule has 0 amide bonds. The van der Waals surface area contributed by atoms with E-state index >= 15 is 0 Å². The van der Waals surface area contributed by atoms with Gasteiger partial charge in [-0.1, -0.05) is 13.8 Å². The molecule has 84 valence electrons. The van der Waals surface area contributed by atoms with Gasteiger partial charge in [-0.2, -0.15) is 0 Å². The van der Waals surface area contributed by atoms with Gasteiger partial charge in [0.15, 0.2) is 0 Å². The summed E-state index contributed by atoms with van der Waals surface area (Å²) < 4.78 is 0. The molecule has 14 heavy (non-hydrogen) atoms. The van der Waals surface area contributed by atoms with Crippen molar-refractivity contribution >= 4 is 0 Å². The molecule has 3 unspecified atom stereocenters. The summed E-state index contributed by atoms with van der Waals surface area (Å²) in [6.45, 7) is 7.49. The van der Waals surface area contributed by atoms with Crippen molar-refractivity contribution in [3.63, 3.8) is 0 Å². The highest BCUT2D eigenvalue weighted by molar-refractivity contribution is 5.02. The van der Waals surface area contributed by atoms with Gasteiger partial charge in [0.1, 0.15) is 0 Å². The number of nitrogens with zero attached hydrogens (tertiary/aromatic N) is 1. The number of hydrogen-bond donors (Lipinski definition) is 2. The maximum Gasteiger partial charge on any atom is 0.0621 e. The molecular weight excluding hydrogens is 176 g/mol. The molecule has 0 aromatic rings. The van der Waals surface area contributed by atoms with E-state index < -0.39 is 0 Å². The fourth-order valence-corrected chi connectivity index (χ4v) is 2.13. The molecule has 0 radical (unpaired) electrons. The zero-order chi connectivity index (χ0) is 10.9. The van der Waals surface area contributed by atoms with Crippen molar-refractivity contribution in [2.24, 2.45) is 5.41 Å². The summed E-state index contributed by atoms with van der Waals surface area (Å²) >= 11 is 0. The Balaban J connectivity index is 2.32. The monoisotopic (exact) mass is 200 g/mol. The van der Waals surface area contributed by atoms with Crippen LogP contribution in [-0.4, -0.2) is 48.8 Å². The number of aliphatic hydroxyl groups is 1. The van der Waals surface area contributed by atoms with E-state index in [0.717, 1.165) is 13.0 Å². The van der Waals surface area contributed by atoms with Gasteiger partial charge in [0.25, 0.3) is 0 Å². The van der Waals surface area contributed by atoms with Gasteiger partial charge in [-0.05, 0) is 27.4 Å². The topological polar surface area (TPSA) is 35.5 Å². The molecule has 0 saturated heterocycles. The van der Waals surface area contributed by atoms with Crippen molar-refractivity contribution in [1.82, 2.24) is 10.2 Å². The van der Waals surface area contributed by atoms with Gasteiger partial charge in [0.05, 0.1) is 6.10 Å². The average Bonchev–Trinajstić information content (AvgIpc) is 2.02. The highest BCUT2D eigenvalue weighted by Gasteiger charge is 2.47. The standard InChI is InChI=1S/C11H24N2O/c1-8(7-13(4)5)12-9-6-10(14)11(9,2)3/h8-10,12,14H,6-7H2,1-5H3. The van der Waals surface area contributed by atoms with E-state index in [0.29, 0.717) is 12.1 Å². The van der Waals surface area contributed by atoms with E-state index in [9.17, 15) is 5.11 Å². The Morgan fingerprint density at radius 1 is 1.50 bits per heavy atom. The van der Waals surface area contributed by atoms with E-state index in [4.69, 9.17) is 0 Å². The summed E-state index contributed by atoms with van der Waals surface area (Å²) in [5.74, 6) is 0. The van der Waals surface area contributed by atoms with Gasteiger partial charge in [0, 0.05) is 24.0 Å². The van der Waals surface area contributed by atoms with Crippen LogP contribution in [0.2, 0.25) is 0 Å². The largest absolute Gasteiger partial charge is 0.392 e. The van der Waals surface area contributed by atoms with E-state index in [1.54, 1.807) is 0 Å². The minimum absolute atomic E-state index is 0.0422. The zero-order valence-corrected chi connectivity index (χ0v) is 10.0.